The van der Waals surface area contributed by atoms with Crippen LogP contribution in [0.3, 0.4) is 0 Å². The Labute approximate surface area is 347 Å². The summed E-state index contributed by atoms with van der Waals surface area (Å²) in [6, 6.07) is 66.8. The maximum absolute atomic E-state index is 5.55. The molecule has 0 fully saturated rings. The molecule has 13 rings (SSSR count). The van der Waals surface area contributed by atoms with Gasteiger partial charge in [-0.25, -0.2) is 19.9 Å². The monoisotopic (exact) mass is 781 g/mol. The maximum atomic E-state index is 5.55. The van der Waals surface area contributed by atoms with E-state index in [2.05, 4.69) is 162 Å². The molecule has 0 amide bonds. The van der Waals surface area contributed by atoms with Crippen LogP contribution in [0.15, 0.2) is 188 Å². The number of hydrogen-bond donors (Lipinski definition) is 0. The van der Waals surface area contributed by atoms with Crippen LogP contribution in [0, 0.1) is 0 Å². The Hall–Kier alpha value is -7.80. The molecular weight excluding hydrogens is 751 g/mol. The van der Waals surface area contributed by atoms with Crippen molar-refractivity contribution in [1.82, 2.24) is 24.3 Å². The molecule has 0 bridgehead atoms. The van der Waals surface area contributed by atoms with Gasteiger partial charge in [0.1, 0.15) is 0 Å². The predicted octanol–water partition coefficient (Wildman–Crippen LogP) is 14.3. The molecule has 6 heteroatoms. The van der Waals surface area contributed by atoms with Gasteiger partial charge in [-0.05, 0) is 73.6 Å². The second kappa shape index (κ2) is 12.9. The van der Waals surface area contributed by atoms with E-state index in [9.17, 15) is 0 Å². The van der Waals surface area contributed by atoms with Gasteiger partial charge in [0.15, 0.2) is 23.1 Å². The Kier molecular flexibility index (Phi) is 7.11. The number of nitrogens with zero attached hydrogens (tertiary/aromatic N) is 5. The van der Waals surface area contributed by atoms with Crippen molar-refractivity contribution < 1.29 is 0 Å². The Bertz CT molecular complexity index is 3890. The van der Waals surface area contributed by atoms with Gasteiger partial charge in [0.25, 0.3) is 0 Å². The van der Waals surface area contributed by atoms with Crippen molar-refractivity contribution >= 4 is 91.3 Å². The van der Waals surface area contributed by atoms with E-state index in [0.717, 1.165) is 55.4 Å². The fourth-order valence-corrected chi connectivity index (χ4v) is 10.3. The molecule has 60 heavy (non-hydrogen) atoms. The summed E-state index contributed by atoms with van der Waals surface area (Å²) >= 11 is 1.84. The molecular formula is C54H31N5S. The number of benzene rings is 9. The van der Waals surface area contributed by atoms with Crippen LogP contribution < -0.4 is 0 Å². The Morgan fingerprint density at radius 1 is 0.333 bits per heavy atom. The molecule has 0 aliphatic rings. The zero-order valence-corrected chi connectivity index (χ0v) is 32.9. The third-order valence-electron chi connectivity index (χ3n) is 12.0. The molecule has 9 aromatic carbocycles. The highest BCUT2D eigenvalue weighted by atomic mass is 32.1. The van der Waals surface area contributed by atoms with E-state index in [-0.39, 0.29) is 0 Å². The molecule has 278 valence electrons. The van der Waals surface area contributed by atoms with Crippen molar-refractivity contribution in [2.24, 2.45) is 0 Å². The van der Waals surface area contributed by atoms with Crippen LogP contribution >= 0.6 is 11.3 Å². The molecule has 0 aliphatic heterocycles. The van der Waals surface area contributed by atoms with Crippen molar-refractivity contribution in [1.29, 1.82) is 0 Å². The van der Waals surface area contributed by atoms with Crippen LogP contribution in [0.4, 0.5) is 0 Å². The molecule has 4 heterocycles. The van der Waals surface area contributed by atoms with Gasteiger partial charge in [-0.15, -0.1) is 11.3 Å². The fraction of sp³-hybridized carbons (Fsp3) is 0. The predicted molar refractivity (Wildman–Crippen MR) is 251 cm³/mol. The summed E-state index contributed by atoms with van der Waals surface area (Å²) in [5, 5.41) is 12.1. The van der Waals surface area contributed by atoms with Gasteiger partial charge in [-0.2, -0.15) is 0 Å². The molecule has 0 spiro atoms. The van der Waals surface area contributed by atoms with E-state index < -0.39 is 0 Å². The van der Waals surface area contributed by atoms with Crippen LogP contribution in [0.2, 0.25) is 0 Å². The standard InChI is InChI=1S/C54H31N5S/c1-2-12-35(13-3-1)51-56-52(58-53(57-51)41-23-18-32-10-4-5-14-37(32)29-41)36-21-19-34(20-22-36)47-31-45-43-26-24-33-11-8-9-17-42(33)49(43)60-50(45)54-55-48-44-30-39-16-7-6-15-38(39)28-40(44)25-27-46(48)59(47)54/h1-31H. The summed E-state index contributed by atoms with van der Waals surface area (Å²) in [5.41, 5.74) is 8.03. The highest BCUT2D eigenvalue weighted by molar-refractivity contribution is 7.27. The van der Waals surface area contributed by atoms with Crippen LogP contribution in [-0.2, 0) is 0 Å². The van der Waals surface area contributed by atoms with Gasteiger partial charge in [0.2, 0.25) is 0 Å². The third kappa shape index (κ3) is 5.11. The van der Waals surface area contributed by atoms with Crippen molar-refractivity contribution in [2.75, 3.05) is 0 Å². The van der Waals surface area contributed by atoms with Crippen molar-refractivity contribution in [2.45, 2.75) is 0 Å². The van der Waals surface area contributed by atoms with Crippen molar-refractivity contribution in [3.05, 3.63) is 188 Å². The largest absolute Gasteiger partial charge is 0.291 e. The first-order valence-electron chi connectivity index (χ1n) is 20.1. The number of hydrogen-bond acceptors (Lipinski definition) is 5. The third-order valence-corrected chi connectivity index (χ3v) is 13.2. The van der Waals surface area contributed by atoms with Crippen molar-refractivity contribution in [3.8, 4) is 45.4 Å². The molecule has 0 aliphatic carbocycles. The summed E-state index contributed by atoms with van der Waals surface area (Å²) in [5.74, 6) is 1.91. The lowest BCUT2D eigenvalue weighted by atomic mass is 10.0. The van der Waals surface area contributed by atoms with Gasteiger partial charge < -0.3 is 0 Å². The normalized spacial score (nSPS) is 12.0. The quantitative estimate of drug-likeness (QED) is 0.167. The number of fused-ring (bicyclic) bond motifs is 13. The molecule has 4 aromatic heterocycles. The molecule has 0 N–H and O–H groups in total. The summed E-state index contributed by atoms with van der Waals surface area (Å²) in [6.45, 7) is 0. The number of imidazole rings is 1. The molecule has 0 radical (unpaired) electrons. The highest BCUT2D eigenvalue weighted by Gasteiger charge is 2.21. The number of thiophene rings is 1. The van der Waals surface area contributed by atoms with E-state index >= 15 is 0 Å². The minimum absolute atomic E-state index is 0.627. The first kappa shape index (κ1) is 33.2. The van der Waals surface area contributed by atoms with Gasteiger partial charge >= 0.3 is 0 Å². The van der Waals surface area contributed by atoms with Crippen molar-refractivity contribution in [3.63, 3.8) is 0 Å². The highest BCUT2D eigenvalue weighted by Crippen LogP contribution is 2.44. The molecule has 0 saturated carbocycles. The van der Waals surface area contributed by atoms with Crippen LogP contribution in [0.1, 0.15) is 0 Å². The second-order valence-corrected chi connectivity index (χ2v) is 16.5. The minimum atomic E-state index is 0.627. The maximum Gasteiger partial charge on any atom is 0.164 e. The van der Waals surface area contributed by atoms with E-state index in [4.69, 9.17) is 19.9 Å². The Balaban J connectivity index is 1.03. The Morgan fingerprint density at radius 3 is 1.70 bits per heavy atom. The average molecular weight is 782 g/mol. The minimum Gasteiger partial charge on any atom is -0.291 e. The van der Waals surface area contributed by atoms with Gasteiger partial charge in [0.05, 0.1) is 21.4 Å². The molecule has 0 saturated heterocycles. The Morgan fingerprint density at radius 2 is 0.917 bits per heavy atom. The molecule has 0 unspecified atom stereocenters. The van der Waals surface area contributed by atoms with E-state index in [1.165, 1.54) is 52.5 Å². The topological polar surface area (TPSA) is 56.0 Å². The fourth-order valence-electron chi connectivity index (χ4n) is 8.99. The first-order chi connectivity index (χ1) is 29.7. The number of pyridine rings is 1. The second-order valence-electron chi connectivity index (χ2n) is 15.5. The van der Waals surface area contributed by atoms with Gasteiger partial charge in [-0.3, -0.25) is 4.40 Å². The molecule has 0 atom stereocenters. The van der Waals surface area contributed by atoms with Gasteiger partial charge in [0, 0.05) is 37.5 Å². The smallest absolute Gasteiger partial charge is 0.164 e. The first-order valence-corrected chi connectivity index (χ1v) is 20.9. The number of rotatable bonds is 4. The van der Waals surface area contributed by atoms with Gasteiger partial charge in [-0.1, -0.05) is 158 Å². The summed E-state index contributed by atoms with van der Waals surface area (Å²) in [6.07, 6.45) is 0. The van der Waals surface area contributed by atoms with Crippen LogP contribution in [0.5, 0.6) is 0 Å². The zero-order chi connectivity index (χ0) is 39.3. The van der Waals surface area contributed by atoms with E-state index in [0.29, 0.717) is 17.5 Å². The van der Waals surface area contributed by atoms with E-state index in [1.54, 1.807) is 0 Å². The number of aromatic nitrogens is 5. The lowest BCUT2D eigenvalue weighted by molar-refractivity contribution is 1.07. The lowest BCUT2D eigenvalue weighted by Gasteiger charge is -2.11. The summed E-state index contributed by atoms with van der Waals surface area (Å²) in [7, 11) is 0. The van der Waals surface area contributed by atoms with Crippen LogP contribution in [0.25, 0.3) is 125 Å². The zero-order valence-electron chi connectivity index (χ0n) is 32.0. The molecule has 5 nitrogen and oxygen atoms in total. The SMILES string of the molecule is c1ccc(-c2nc(-c3ccc(-c4cc5c6ccc7ccccc7c6sc5c5nc6c7cc8ccccc8cc7ccc6n45)cc3)nc(-c3ccc4ccccc4c3)n2)cc1. The summed E-state index contributed by atoms with van der Waals surface area (Å²) in [4.78, 5) is 20.7. The molecule has 13 aromatic rings. The summed E-state index contributed by atoms with van der Waals surface area (Å²) < 4.78 is 4.84. The van der Waals surface area contributed by atoms with E-state index in [1.807, 2.05) is 41.7 Å². The van der Waals surface area contributed by atoms with Crippen LogP contribution in [-0.4, -0.2) is 24.3 Å². The lowest BCUT2D eigenvalue weighted by Crippen LogP contribution is -2.00. The average Bonchev–Trinajstić information content (AvgIpc) is 3.90.